The minimum atomic E-state index is -0.315. The molecule has 7 heteroatoms. The fraction of sp³-hybridized carbons (Fsp3) is 0.174. The number of hydrogen-bond acceptors (Lipinski definition) is 5. The van der Waals surface area contributed by atoms with Gasteiger partial charge in [-0.3, -0.25) is 4.79 Å². The van der Waals surface area contributed by atoms with Crippen LogP contribution in [0.15, 0.2) is 60.7 Å². The Morgan fingerprint density at radius 1 is 0.900 bits per heavy atom. The molecule has 0 saturated heterocycles. The van der Waals surface area contributed by atoms with Crippen LogP contribution in [0.3, 0.4) is 0 Å². The van der Waals surface area contributed by atoms with Crippen LogP contribution in [0, 0.1) is 0 Å². The van der Waals surface area contributed by atoms with Gasteiger partial charge in [0.2, 0.25) is 0 Å². The summed E-state index contributed by atoms with van der Waals surface area (Å²) in [5.74, 6) is 2.58. The van der Waals surface area contributed by atoms with Gasteiger partial charge in [0.1, 0.15) is 17.2 Å². The van der Waals surface area contributed by atoms with E-state index in [-0.39, 0.29) is 5.91 Å². The predicted octanol–water partition coefficient (Wildman–Crippen LogP) is 5.80. The molecule has 0 spiro atoms. The lowest BCUT2D eigenvalue weighted by molar-refractivity contribution is 0.102. The monoisotopic (exact) mass is 427 g/mol. The molecule has 0 unspecified atom stereocenters. The van der Waals surface area contributed by atoms with E-state index in [4.69, 9.17) is 30.5 Å². The van der Waals surface area contributed by atoms with Crippen molar-refractivity contribution in [1.82, 2.24) is 0 Å². The number of carbonyl (C=O) groups is 1. The van der Waals surface area contributed by atoms with Gasteiger partial charge in [-0.1, -0.05) is 11.6 Å². The number of ether oxygens (including phenoxy) is 4. The van der Waals surface area contributed by atoms with Crippen LogP contribution in [-0.2, 0) is 0 Å². The van der Waals surface area contributed by atoms with Crippen molar-refractivity contribution in [2.75, 3.05) is 26.1 Å². The number of halogens is 1. The third-order valence-electron chi connectivity index (χ3n) is 4.18. The lowest BCUT2D eigenvalue weighted by Gasteiger charge is -2.13. The first-order chi connectivity index (χ1) is 14.5. The number of methoxy groups -OCH3 is 2. The Morgan fingerprint density at radius 3 is 2.07 bits per heavy atom. The summed E-state index contributed by atoms with van der Waals surface area (Å²) < 4.78 is 21.7. The summed E-state index contributed by atoms with van der Waals surface area (Å²) in [5.41, 5.74) is 0.981. The van der Waals surface area contributed by atoms with Crippen LogP contribution in [-0.4, -0.2) is 26.7 Å². The average molecular weight is 428 g/mol. The molecular weight excluding hydrogens is 406 g/mol. The number of carbonyl (C=O) groups excluding carboxylic acids is 1. The molecule has 1 amide bonds. The van der Waals surface area contributed by atoms with Crippen molar-refractivity contribution >= 4 is 23.2 Å². The predicted molar refractivity (Wildman–Crippen MR) is 117 cm³/mol. The van der Waals surface area contributed by atoms with E-state index in [9.17, 15) is 4.79 Å². The molecule has 0 heterocycles. The summed E-state index contributed by atoms with van der Waals surface area (Å²) >= 11 is 6.22. The summed E-state index contributed by atoms with van der Waals surface area (Å²) in [5, 5.41) is 3.13. The second-order valence-electron chi connectivity index (χ2n) is 6.18. The normalized spacial score (nSPS) is 10.3. The molecule has 0 bridgehead atoms. The summed E-state index contributed by atoms with van der Waals surface area (Å²) in [6.07, 6.45) is 0. The Balaban J connectivity index is 1.69. The zero-order chi connectivity index (χ0) is 21.5. The molecule has 0 atom stereocenters. The van der Waals surface area contributed by atoms with Gasteiger partial charge in [0.25, 0.3) is 5.91 Å². The Bertz CT molecular complexity index is 1000. The number of amides is 1. The quantitative estimate of drug-likeness (QED) is 0.492. The smallest absolute Gasteiger partial charge is 0.255 e. The molecule has 0 aliphatic rings. The Hall–Kier alpha value is -3.38. The van der Waals surface area contributed by atoms with Crippen molar-refractivity contribution in [1.29, 1.82) is 0 Å². The second-order valence-corrected chi connectivity index (χ2v) is 6.59. The molecule has 3 aromatic rings. The maximum Gasteiger partial charge on any atom is 0.255 e. The van der Waals surface area contributed by atoms with E-state index in [1.807, 2.05) is 31.2 Å². The average Bonchev–Trinajstić information content (AvgIpc) is 2.75. The summed E-state index contributed by atoms with van der Waals surface area (Å²) in [4.78, 5) is 12.6. The van der Waals surface area contributed by atoms with Crippen LogP contribution in [0.2, 0.25) is 5.02 Å². The topological polar surface area (TPSA) is 66.0 Å². The molecule has 30 heavy (non-hydrogen) atoms. The molecule has 1 N–H and O–H groups in total. The van der Waals surface area contributed by atoms with Crippen LogP contribution in [0.1, 0.15) is 17.3 Å². The lowest BCUT2D eigenvalue weighted by atomic mass is 10.1. The molecule has 0 radical (unpaired) electrons. The molecule has 0 aliphatic heterocycles. The standard InChI is InChI=1S/C23H22ClNO5/c1-4-29-21-14-15(13-20(24)22(21)28-3)23(26)25-16-5-7-18(8-6-16)30-19-11-9-17(27-2)10-12-19/h5-14H,4H2,1-3H3,(H,25,26). The summed E-state index contributed by atoms with van der Waals surface area (Å²) in [7, 11) is 3.11. The minimum Gasteiger partial charge on any atom is -0.497 e. The highest BCUT2D eigenvalue weighted by Gasteiger charge is 2.16. The van der Waals surface area contributed by atoms with Gasteiger partial charge in [0.05, 0.1) is 25.8 Å². The Kier molecular flexibility index (Phi) is 7.03. The van der Waals surface area contributed by atoms with E-state index in [1.54, 1.807) is 43.5 Å². The van der Waals surface area contributed by atoms with Gasteiger partial charge in [0, 0.05) is 11.3 Å². The maximum atomic E-state index is 12.6. The SMILES string of the molecule is CCOc1cc(C(=O)Nc2ccc(Oc3ccc(OC)cc3)cc2)cc(Cl)c1OC. The molecule has 0 fully saturated rings. The lowest BCUT2D eigenvalue weighted by Crippen LogP contribution is -2.12. The number of rotatable bonds is 8. The fourth-order valence-corrected chi connectivity index (χ4v) is 3.04. The molecular formula is C23H22ClNO5. The zero-order valence-electron chi connectivity index (χ0n) is 16.9. The van der Waals surface area contributed by atoms with E-state index >= 15 is 0 Å². The van der Waals surface area contributed by atoms with Gasteiger partial charge in [-0.25, -0.2) is 0 Å². The van der Waals surface area contributed by atoms with Gasteiger partial charge >= 0.3 is 0 Å². The number of anilines is 1. The first-order valence-electron chi connectivity index (χ1n) is 9.27. The molecule has 0 aromatic heterocycles. The van der Waals surface area contributed by atoms with Gasteiger partial charge in [-0.05, 0) is 67.6 Å². The Morgan fingerprint density at radius 2 is 1.50 bits per heavy atom. The van der Waals surface area contributed by atoms with Gasteiger partial charge in [-0.2, -0.15) is 0 Å². The zero-order valence-corrected chi connectivity index (χ0v) is 17.7. The van der Waals surface area contributed by atoms with E-state index in [0.717, 1.165) is 5.75 Å². The summed E-state index contributed by atoms with van der Waals surface area (Å²) in [6.45, 7) is 2.27. The van der Waals surface area contributed by atoms with E-state index < -0.39 is 0 Å². The van der Waals surface area contributed by atoms with E-state index in [0.29, 0.717) is 45.9 Å². The number of benzene rings is 3. The van der Waals surface area contributed by atoms with Gasteiger partial charge < -0.3 is 24.3 Å². The maximum absolute atomic E-state index is 12.6. The van der Waals surface area contributed by atoms with Crippen molar-refractivity contribution < 1.29 is 23.7 Å². The van der Waals surface area contributed by atoms with Crippen molar-refractivity contribution in [2.45, 2.75) is 6.92 Å². The minimum absolute atomic E-state index is 0.303. The van der Waals surface area contributed by atoms with E-state index in [2.05, 4.69) is 5.32 Å². The van der Waals surface area contributed by atoms with Gasteiger partial charge in [-0.15, -0.1) is 0 Å². The molecule has 0 saturated carbocycles. The molecule has 0 aliphatic carbocycles. The van der Waals surface area contributed by atoms with E-state index in [1.165, 1.54) is 7.11 Å². The molecule has 3 aromatic carbocycles. The molecule has 156 valence electrons. The third-order valence-corrected chi connectivity index (χ3v) is 4.46. The van der Waals surface area contributed by atoms with Gasteiger partial charge in [0.15, 0.2) is 11.5 Å². The highest BCUT2D eigenvalue weighted by atomic mass is 35.5. The molecule has 6 nitrogen and oxygen atoms in total. The second kappa shape index (κ2) is 9.89. The first-order valence-corrected chi connectivity index (χ1v) is 9.65. The number of nitrogens with one attached hydrogen (secondary N) is 1. The van der Waals surface area contributed by atoms with Crippen LogP contribution < -0.4 is 24.3 Å². The van der Waals surface area contributed by atoms with Crippen molar-refractivity contribution in [3.8, 4) is 28.7 Å². The number of hydrogen-bond donors (Lipinski definition) is 1. The summed E-state index contributed by atoms with van der Waals surface area (Å²) in [6, 6.07) is 17.5. The van der Waals surface area contributed by atoms with Crippen molar-refractivity contribution in [3.63, 3.8) is 0 Å². The van der Waals surface area contributed by atoms with Crippen molar-refractivity contribution in [3.05, 3.63) is 71.2 Å². The van der Waals surface area contributed by atoms with Crippen LogP contribution in [0.4, 0.5) is 5.69 Å². The van der Waals surface area contributed by atoms with Crippen LogP contribution in [0.25, 0.3) is 0 Å². The molecule has 3 rings (SSSR count). The van der Waals surface area contributed by atoms with Crippen molar-refractivity contribution in [2.24, 2.45) is 0 Å². The third kappa shape index (κ3) is 5.15. The fourth-order valence-electron chi connectivity index (χ4n) is 2.75. The van der Waals surface area contributed by atoms with Crippen LogP contribution >= 0.6 is 11.6 Å². The Labute approximate surface area is 180 Å². The highest BCUT2D eigenvalue weighted by Crippen LogP contribution is 2.36. The van der Waals surface area contributed by atoms with Crippen LogP contribution in [0.5, 0.6) is 28.7 Å². The largest absolute Gasteiger partial charge is 0.497 e. The highest BCUT2D eigenvalue weighted by molar-refractivity contribution is 6.32. The first kappa shape index (κ1) is 21.3.